The van der Waals surface area contributed by atoms with E-state index in [9.17, 15) is 9.59 Å². The fourth-order valence-corrected chi connectivity index (χ4v) is 3.41. The number of Topliss-reactive ketones (excluding diaryl/α,β-unsaturated/α-hetero) is 1. The highest BCUT2D eigenvalue weighted by Crippen LogP contribution is 2.63. The molecule has 2 atom stereocenters. The quantitative estimate of drug-likeness (QED) is 0.691. The Kier molecular flexibility index (Phi) is 2.59. The number of fused-ring (bicyclic) bond motifs is 2. The van der Waals surface area contributed by atoms with Crippen molar-refractivity contribution in [1.29, 1.82) is 0 Å². The van der Waals surface area contributed by atoms with Crippen LogP contribution in [-0.4, -0.2) is 18.4 Å². The summed E-state index contributed by atoms with van der Waals surface area (Å²) in [6.45, 7) is 6.37. The van der Waals surface area contributed by atoms with Crippen LogP contribution in [0.3, 0.4) is 0 Å². The molecule has 0 radical (unpaired) electrons. The molecule has 2 aliphatic rings. The summed E-state index contributed by atoms with van der Waals surface area (Å²) >= 11 is 0. The Balaban J connectivity index is 2.16. The monoisotopic (exact) mass is 224 g/mol. The Morgan fingerprint density at radius 1 is 1.50 bits per heavy atom. The van der Waals surface area contributed by atoms with Crippen molar-refractivity contribution in [3.8, 4) is 0 Å². The maximum atomic E-state index is 12.1. The van der Waals surface area contributed by atoms with Crippen LogP contribution < -0.4 is 0 Å². The lowest BCUT2D eigenvalue weighted by Gasteiger charge is -2.35. The number of hydrogen-bond donors (Lipinski definition) is 0. The molecule has 0 heterocycles. The zero-order valence-electron chi connectivity index (χ0n) is 10.3. The highest BCUT2D eigenvalue weighted by Gasteiger charge is 2.64. The van der Waals surface area contributed by atoms with E-state index in [0.717, 1.165) is 12.8 Å². The maximum absolute atomic E-state index is 12.1. The van der Waals surface area contributed by atoms with Gasteiger partial charge in [-0.1, -0.05) is 20.8 Å². The van der Waals surface area contributed by atoms with Gasteiger partial charge in [-0.05, 0) is 24.2 Å². The van der Waals surface area contributed by atoms with Crippen molar-refractivity contribution in [3.63, 3.8) is 0 Å². The van der Waals surface area contributed by atoms with Crippen molar-refractivity contribution in [2.24, 2.45) is 16.7 Å². The van der Waals surface area contributed by atoms with Crippen LogP contribution >= 0.6 is 0 Å². The summed E-state index contributed by atoms with van der Waals surface area (Å²) in [5.74, 6) is 0.589. The Labute approximate surface area is 96.5 Å². The molecule has 0 amide bonds. The third-order valence-electron chi connectivity index (χ3n) is 4.91. The number of carbonyl (C=O) groups excluding carboxylic acids is 2. The minimum Gasteiger partial charge on any atom is -0.465 e. The number of rotatable bonds is 3. The molecule has 0 aliphatic heterocycles. The van der Waals surface area contributed by atoms with E-state index < -0.39 is 0 Å². The van der Waals surface area contributed by atoms with E-state index in [1.165, 1.54) is 0 Å². The Morgan fingerprint density at radius 3 is 2.62 bits per heavy atom. The molecule has 2 saturated carbocycles. The molecule has 2 fully saturated rings. The summed E-state index contributed by atoms with van der Waals surface area (Å²) in [4.78, 5) is 23.3. The second kappa shape index (κ2) is 3.57. The molecular formula is C13H20O3. The van der Waals surface area contributed by atoms with Crippen molar-refractivity contribution in [1.82, 2.24) is 0 Å². The van der Waals surface area contributed by atoms with Crippen molar-refractivity contribution >= 4 is 11.8 Å². The zero-order valence-corrected chi connectivity index (χ0v) is 10.3. The summed E-state index contributed by atoms with van der Waals surface area (Å²) in [5, 5.41) is 0. The molecule has 0 aromatic heterocycles. The first-order valence-electron chi connectivity index (χ1n) is 6.13. The minimum atomic E-state index is -0.386. The molecule has 3 nitrogen and oxygen atoms in total. The van der Waals surface area contributed by atoms with Gasteiger partial charge >= 0.3 is 5.97 Å². The molecule has 0 N–H and O–H groups in total. The molecule has 0 aromatic rings. The summed E-state index contributed by atoms with van der Waals surface area (Å²) in [6.07, 6.45) is 3.05. The summed E-state index contributed by atoms with van der Waals surface area (Å²) < 4.78 is 5.24. The van der Waals surface area contributed by atoms with Crippen LogP contribution in [0.25, 0.3) is 0 Å². The number of ketones is 1. The van der Waals surface area contributed by atoms with Crippen molar-refractivity contribution in [3.05, 3.63) is 0 Å². The number of carbonyl (C=O) groups is 2. The van der Waals surface area contributed by atoms with Crippen LogP contribution in [0.4, 0.5) is 0 Å². The molecule has 90 valence electrons. The highest BCUT2D eigenvalue weighted by atomic mass is 16.5. The number of esters is 1. The van der Waals surface area contributed by atoms with Gasteiger partial charge in [0.2, 0.25) is 0 Å². The van der Waals surface area contributed by atoms with E-state index >= 15 is 0 Å². The van der Waals surface area contributed by atoms with Crippen LogP contribution in [0.1, 0.15) is 46.5 Å². The predicted molar refractivity (Wildman–Crippen MR) is 59.8 cm³/mol. The normalized spacial score (nSPS) is 35.4. The summed E-state index contributed by atoms with van der Waals surface area (Å²) in [7, 11) is 0. The van der Waals surface area contributed by atoms with E-state index in [2.05, 4.69) is 13.8 Å². The lowest BCUT2D eigenvalue weighted by Crippen LogP contribution is -2.40. The Morgan fingerprint density at radius 2 is 2.19 bits per heavy atom. The Hall–Kier alpha value is -0.860. The van der Waals surface area contributed by atoms with Crippen molar-refractivity contribution in [2.75, 3.05) is 6.61 Å². The molecule has 0 aromatic carbocycles. The van der Waals surface area contributed by atoms with Gasteiger partial charge in [-0.2, -0.15) is 0 Å². The Bertz CT molecular complexity index is 332. The van der Waals surface area contributed by atoms with Gasteiger partial charge in [0.25, 0.3) is 0 Å². The van der Waals surface area contributed by atoms with Gasteiger partial charge in [0.1, 0.15) is 12.4 Å². The third-order valence-corrected chi connectivity index (χ3v) is 4.91. The summed E-state index contributed by atoms with van der Waals surface area (Å²) in [5.41, 5.74) is -0.388. The zero-order chi connectivity index (χ0) is 12.0. The van der Waals surface area contributed by atoms with Gasteiger partial charge in [-0.25, -0.2) is 0 Å². The third kappa shape index (κ3) is 1.33. The SMILES string of the molecule is CCC(=O)OCC12CCC(CC1=O)C2(C)C. The van der Waals surface area contributed by atoms with Gasteiger partial charge in [-0.3, -0.25) is 9.59 Å². The fourth-order valence-electron chi connectivity index (χ4n) is 3.41. The topological polar surface area (TPSA) is 43.4 Å². The number of hydrogen-bond acceptors (Lipinski definition) is 3. The second-order valence-corrected chi connectivity index (χ2v) is 5.68. The first-order chi connectivity index (χ1) is 7.44. The molecule has 2 bridgehead atoms. The molecule has 3 heteroatoms. The largest absolute Gasteiger partial charge is 0.465 e. The lowest BCUT2D eigenvalue weighted by atomic mass is 9.69. The molecule has 2 aliphatic carbocycles. The van der Waals surface area contributed by atoms with Crippen LogP contribution in [-0.2, 0) is 14.3 Å². The first-order valence-corrected chi connectivity index (χ1v) is 6.13. The van der Waals surface area contributed by atoms with Crippen molar-refractivity contribution in [2.45, 2.75) is 46.5 Å². The van der Waals surface area contributed by atoms with Crippen molar-refractivity contribution < 1.29 is 14.3 Å². The van der Waals surface area contributed by atoms with E-state index in [0.29, 0.717) is 31.1 Å². The molecule has 0 saturated heterocycles. The van der Waals surface area contributed by atoms with E-state index in [-0.39, 0.29) is 16.8 Å². The molecule has 2 unspecified atom stereocenters. The van der Waals surface area contributed by atoms with E-state index in [1.54, 1.807) is 6.92 Å². The predicted octanol–water partition coefficient (Wildman–Crippen LogP) is 2.33. The standard InChI is InChI=1S/C13H20O3/c1-4-11(15)16-8-13-6-5-9(7-10(13)14)12(13,2)3/h9H,4-8H2,1-3H3. The lowest BCUT2D eigenvalue weighted by molar-refractivity contribution is -0.152. The van der Waals surface area contributed by atoms with Crippen LogP contribution in [0.5, 0.6) is 0 Å². The van der Waals surface area contributed by atoms with E-state index in [4.69, 9.17) is 4.74 Å². The number of ether oxygens (including phenoxy) is 1. The fraction of sp³-hybridized carbons (Fsp3) is 0.846. The van der Waals surface area contributed by atoms with Crippen LogP contribution in [0.2, 0.25) is 0 Å². The van der Waals surface area contributed by atoms with Crippen LogP contribution in [0, 0.1) is 16.7 Å². The highest BCUT2D eigenvalue weighted by molar-refractivity contribution is 5.90. The molecule has 2 rings (SSSR count). The average molecular weight is 224 g/mol. The van der Waals surface area contributed by atoms with Gasteiger partial charge in [0, 0.05) is 12.8 Å². The first kappa shape index (κ1) is 11.6. The van der Waals surface area contributed by atoms with Gasteiger partial charge in [0.05, 0.1) is 5.41 Å². The van der Waals surface area contributed by atoms with Gasteiger partial charge in [-0.15, -0.1) is 0 Å². The van der Waals surface area contributed by atoms with Crippen LogP contribution in [0.15, 0.2) is 0 Å². The van der Waals surface area contributed by atoms with Gasteiger partial charge < -0.3 is 4.74 Å². The van der Waals surface area contributed by atoms with Gasteiger partial charge in [0.15, 0.2) is 0 Å². The minimum absolute atomic E-state index is 0.00188. The summed E-state index contributed by atoms with van der Waals surface area (Å²) in [6, 6.07) is 0. The van der Waals surface area contributed by atoms with E-state index in [1.807, 2.05) is 0 Å². The molecule has 0 spiro atoms. The molecule has 16 heavy (non-hydrogen) atoms. The smallest absolute Gasteiger partial charge is 0.305 e. The average Bonchev–Trinajstić information content (AvgIpc) is 2.59. The second-order valence-electron chi connectivity index (χ2n) is 5.68. The maximum Gasteiger partial charge on any atom is 0.305 e. The molecular weight excluding hydrogens is 204 g/mol.